The number of halogens is 1. The van der Waals surface area contributed by atoms with Crippen LogP contribution in [0.5, 0.6) is 0 Å². The second kappa shape index (κ2) is 6.91. The van der Waals surface area contributed by atoms with Gasteiger partial charge in [-0.2, -0.15) is 0 Å². The van der Waals surface area contributed by atoms with E-state index in [1.807, 2.05) is 18.2 Å². The highest BCUT2D eigenvalue weighted by Crippen LogP contribution is 2.42. The molecule has 122 valence electrons. The van der Waals surface area contributed by atoms with Crippen molar-refractivity contribution in [3.63, 3.8) is 0 Å². The summed E-state index contributed by atoms with van der Waals surface area (Å²) in [6, 6.07) is 14.7. The molecule has 1 aliphatic carbocycles. The molecule has 2 atom stereocenters. The van der Waals surface area contributed by atoms with Gasteiger partial charge in [0.2, 0.25) is 0 Å². The summed E-state index contributed by atoms with van der Waals surface area (Å²) >= 11 is 6.14. The van der Waals surface area contributed by atoms with Crippen LogP contribution >= 0.6 is 11.6 Å². The van der Waals surface area contributed by atoms with E-state index in [0.29, 0.717) is 12.5 Å². The van der Waals surface area contributed by atoms with Crippen LogP contribution in [0.15, 0.2) is 42.5 Å². The minimum Gasteiger partial charge on any atom is -0.383 e. The van der Waals surface area contributed by atoms with Crippen molar-refractivity contribution in [3.8, 4) is 0 Å². The average molecular weight is 331 g/mol. The number of hydrogen-bond acceptors (Lipinski definition) is 3. The smallest absolute Gasteiger partial charge is 0.0637 e. The van der Waals surface area contributed by atoms with Gasteiger partial charge < -0.3 is 15.4 Å². The van der Waals surface area contributed by atoms with Crippen molar-refractivity contribution in [2.45, 2.75) is 18.4 Å². The highest BCUT2D eigenvalue weighted by Gasteiger charge is 2.31. The summed E-state index contributed by atoms with van der Waals surface area (Å²) in [4.78, 5) is 2.20. The third-order valence-electron chi connectivity index (χ3n) is 4.71. The van der Waals surface area contributed by atoms with Gasteiger partial charge in [-0.25, -0.2) is 0 Å². The predicted molar refractivity (Wildman–Crippen MR) is 96.4 cm³/mol. The Kier molecular flexibility index (Phi) is 4.90. The van der Waals surface area contributed by atoms with E-state index >= 15 is 0 Å². The van der Waals surface area contributed by atoms with Crippen LogP contribution in [0, 0.1) is 0 Å². The first-order valence-electron chi connectivity index (χ1n) is 7.94. The number of hydrogen-bond donors (Lipinski definition) is 1. The predicted octanol–water partition coefficient (Wildman–Crippen LogP) is 3.76. The maximum Gasteiger partial charge on any atom is 0.0637 e. The van der Waals surface area contributed by atoms with E-state index < -0.39 is 0 Å². The first-order chi connectivity index (χ1) is 11.1. The van der Waals surface area contributed by atoms with Crippen LogP contribution in [0.3, 0.4) is 0 Å². The first kappa shape index (κ1) is 16.3. The molecule has 0 saturated carbocycles. The van der Waals surface area contributed by atoms with Gasteiger partial charge in [-0.05, 0) is 47.4 Å². The van der Waals surface area contributed by atoms with Crippen LogP contribution < -0.4 is 10.6 Å². The van der Waals surface area contributed by atoms with E-state index in [1.165, 1.54) is 22.4 Å². The molecule has 2 aromatic carbocycles. The number of nitrogens with two attached hydrogens (primary N) is 1. The lowest BCUT2D eigenvalue weighted by Gasteiger charge is -2.21. The van der Waals surface area contributed by atoms with E-state index in [1.54, 1.807) is 7.11 Å². The van der Waals surface area contributed by atoms with Crippen molar-refractivity contribution < 1.29 is 4.74 Å². The third-order valence-corrected chi connectivity index (χ3v) is 4.95. The Morgan fingerprint density at radius 1 is 1.26 bits per heavy atom. The molecule has 3 rings (SSSR count). The van der Waals surface area contributed by atoms with Gasteiger partial charge in [0.1, 0.15) is 0 Å². The molecule has 0 fully saturated rings. The van der Waals surface area contributed by atoms with Crippen molar-refractivity contribution in [2.24, 2.45) is 5.73 Å². The number of fused-ring (bicyclic) bond motifs is 1. The van der Waals surface area contributed by atoms with Crippen molar-refractivity contribution >= 4 is 17.3 Å². The number of nitrogens with zero attached hydrogens (tertiary/aromatic N) is 1. The molecule has 2 aromatic rings. The van der Waals surface area contributed by atoms with E-state index in [2.05, 4.69) is 36.2 Å². The van der Waals surface area contributed by atoms with Gasteiger partial charge in [-0.15, -0.1) is 0 Å². The normalized spacial score (nSPS) is 19.7. The summed E-state index contributed by atoms with van der Waals surface area (Å²) in [6.07, 6.45) is 0.971. The standard InChI is InChI=1S/C19H23ClN2O/c1-22(8-9-23-2)16-7-6-14-11-17(19(21)18(14)12-16)13-4-3-5-15(20)10-13/h3-7,10,12,17,19H,8-9,11,21H2,1-2H3. The van der Waals surface area contributed by atoms with E-state index in [4.69, 9.17) is 22.1 Å². The number of benzene rings is 2. The molecule has 2 N–H and O–H groups in total. The third kappa shape index (κ3) is 3.37. The highest BCUT2D eigenvalue weighted by atomic mass is 35.5. The topological polar surface area (TPSA) is 38.5 Å². The summed E-state index contributed by atoms with van der Waals surface area (Å²) in [6.45, 7) is 1.58. The van der Waals surface area contributed by atoms with E-state index in [0.717, 1.165) is 18.0 Å². The molecule has 0 radical (unpaired) electrons. The lowest BCUT2D eigenvalue weighted by molar-refractivity contribution is 0.206. The van der Waals surface area contributed by atoms with Crippen LogP contribution in [0.25, 0.3) is 0 Å². The average Bonchev–Trinajstić information content (AvgIpc) is 2.89. The number of ether oxygens (including phenoxy) is 1. The van der Waals surface area contributed by atoms with Gasteiger partial charge in [0.15, 0.2) is 0 Å². The van der Waals surface area contributed by atoms with Gasteiger partial charge in [-0.3, -0.25) is 0 Å². The summed E-state index contributed by atoms with van der Waals surface area (Å²) in [7, 11) is 3.80. The fraction of sp³-hybridized carbons (Fsp3) is 0.368. The minimum absolute atomic E-state index is 0.0132. The maximum atomic E-state index is 6.56. The fourth-order valence-electron chi connectivity index (χ4n) is 3.32. The van der Waals surface area contributed by atoms with Gasteiger partial charge in [-0.1, -0.05) is 29.8 Å². The molecule has 0 spiro atoms. The van der Waals surface area contributed by atoms with Crippen molar-refractivity contribution in [1.29, 1.82) is 0 Å². The van der Waals surface area contributed by atoms with Crippen molar-refractivity contribution in [2.75, 3.05) is 32.2 Å². The Morgan fingerprint density at radius 3 is 2.83 bits per heavy atom. The summed E-state index contributed by atoms with van der Waals surface area (Å²) in [5.74, 6) is 0.295. The number of rotatable bonds is 5. The SMILES string of the molecule is COCCN(C)c1ccc2c(c1)C(N)C(c1cccc(Cl)c1)C2. The summed E-state index contributed by atoms with van der Waals surface area (Å²) < 4.78 is 5.15. The second-order valence-electron chi connectivity index (χ2n) is 6.19. The Labute approximate surface area is 143 Å². The molecule has 4 heteroatoms. The quantitative estimate of drug-likeness (QED) is 0.907. The van der Waals surface area contributed by atoms with E-state index in [-0.39, 0.29) is 6.04 Å². The van der Waals surface area contributed by atoms with Gasteiger partial charge in [0.25, 0.3) is 0 Å². The molecule has 0 saturated heterocycles. The zero-order valence-electron chi connectivity index (χ0n) is 13.6. The van der Waals surface area contributed by atoms with E-state index in [9.17, 15) is 0 Å². The molecule has 0 aliphatic heterocycles. The van der Waals surface area contributed by atoms with Crippen LogP contribution in [0.4, 0.5) is 5.69 Å². The molecule has 0 amide bonds. The highest BCUT2D eigenvalue weighted by molar-refractivity contribution is 6.30. The van der Waals surface area contributed by atoms with Gasteiger partial charge in [0, 0.05) is 43.4 Å². The van der Waals surface area contributed by atoms with Gasteiger partial charge >= 0.3 is 0 Å². The molecule has 0 heterocycles. The largest absolute Gasteiger partial charge is 0.383 e. The summed E-state index contributed by atoms with van der Waals surface area (Å²) in [5, 5.41) is 0.769. The number of likely N-dealkylation sites (N-methyl/N-ethyl adjacent to an activating group) is 1. The van der Waals surface area contributed by atoms with Crippen LogP contribution in [-0.2, 0) is 11.2 Å². The first-order valence-corrected chi connectivity index (χ1v) is 8.32. The Balaban J connectivity index is 1.84. The lowest BCUT2D eigenvalue weighted by Crippen LogP contribution is -2.22. The number of methoxy groups -OCH3 is 1. The zero-order chi connectivity index (χ0) is 16.4. The van der Waals surface area contributed by atoms with Gasteiger partial charge in [0.05, 0.1) is 6.61 Å². The molecule has 3 nitrogen and oxygen atoms in total. The second-order valence-corrected chi connectivity index (χ2v) is 6.63. The Hall–Kier alpha value is -1.55. The van der Waals surface area contributed by atoms with Crippen molar-refractivity contribution in [1.82, 2.24) is 0 Å². The molecule has 2 unspecified atom stereocenters. The Morgan fingerprint density at radius 2 is 2.09 bits per heavy atom. The molecular weight excluding hydrogens is 308 g/mol. The fourth-order valence-corrected chi connectivity index (χ4v) is 3.52. The lowest BCUT2D eigenvalue weighted by atomic mass is 9.93. The number of anilines is 1. The molecule has 23 heavy (non-hydrogen) atoms. The zero-order valence-corrected chi connectivity index (χ0v) is 14.4. The molecule has 1 aliphatic rings. The van der Waals surface area contributed by atoms with Crippen LogP contribution in [0.2, 0.25) is 5.02 Å². The summed E-state index contributed by atoms with van der Waals surface area (Å²) in [5.41, 5.74) is 11.5. The van der Waals surface area contributed by atoms with Crippen LogP contribution in [-0.4, -0.2) is 27.3 Å². The van der Waals surface area contributed by atoms with Crippen molar-refractivity contribution in [3.05, 3.63) is 64.2 Å². The molecule has 0 bridgehead atoms. The maximum absolute atomic E-state index is 6.56. The monoisotopic (exact) mass is 330 g/mol. The Bertz CT molecular complexity index is 689. The molecular formula is C19H23ClN2O. The van der Waals surface area contributed by atoms with Crippen LogP contribution in [0.1, 0.15) is 28.7 Å². The molecule has 0 aromatic heterocycles. The minimum atomic E-state index is 0.0132.